The Kier molecular flexibility index (Phi) is 6.44. The molecule has 0 unspecified atom stereocenters. The number of amides is 2. The highest BCUT2D eigenvalue weighted by Crippen LogP contribution is 2.16. The van der Waals surface area contributed by atoms with E-state index in [2.05, 4.69) is 16.7 Å². The van der Waals surface area contributed by atoms with Crippen molar-refractivity contribution in [3.05, 3.63) is 35.1 Å². The molecule has 0 aromatic heterocycles. The SMILES string of the molecule is CCN1CCN(C(=O)CN2CCN(C(=O)c3cccc(C)c3F)CC2)CC1. The van der Waals surface area contributed by atoms with Crippen LogP contribution in [0.15, 0.2) is 18.2 Å². The second-order valence-corrected chi connectivity index (χ2v) is 7.32. The van der Waals surface area contributed by atoms with Crippen LogP contribution in [0.5, 0.6) is 0 Å². The van der Waals surface area contributed by atoms with Crippen LogP contribution in [0.4, 0.5) is 4.39 Å². The predicted octanol–water partition coefficient (Wildman–Crippen LogP) is 1.06. The standard InChI is InChI=1S/C20H29FN4O2/c1-3-22-7-11-24(12-8-22)18(26)15-23-9-13-25(14-10-23)20(27)17-6-4-5-16(2)19(17)21/h4-6H,3,7-15H2,1-2H3. The van der Waals surface area contributed by atoms with Gasteiger partial charge in [0.25, 0.3) is 5.91 Å². The molecule has 2 fully saturated rings. The first-order valence-electron chi connectivity index (χ1n) is 9.76. The Morgan fingerprint density at radius 3 is 2.15 bits per heavy atom. The van der Waals surface area contributed by atoms with Crippen molar-refractivity contribution < 1.29 is 14.0 Å². The van der Waals surface area contributed by atoms with E-state index in [4.69, 9.17) is 0 Å². The summed E-state index contributed by atoms with van der Waals surface area (Å²) in [6.07, 6.45) is 0. The van der Waals surface area contributed by atoms with Gasteiger partial charge in [0.15, 0.2) is 0 Å². The van der Waals surface area contributed by atoms with Crippen LogP contribution in [0.3, 0.4) is 0 Å². The minimum Gasteiger partial charge on any atom is -0.339 e. The van der Waals surface area contributed by atoms with Crippen molar-refractivity contribution in [1.29, 1.82) is 0 Å². The van der Waals surface area contributed by atoms with Crippen molar-refractivity contribution in [2.24, 2.45) is 0 Å². The molecule has 2 heterocycles. The second kappa shape index (κ2) is 8.80. The topological polar surface area (TPSA) is 47.1 Å². The second-order valence-electron chi connectivity index (χ2n) is 7.32. The van der Waals surface area contributed by atoms with Crippen LogP contribution in [0.25, 0.3) is 0 Å². The number of aryl methyl sites for hydroxylation is 1. The van der Waals surface area contributed by atoms with E-state index in [1.165, 1.54) is 6.07 Å². The quantitative estimate of drug-likeness (QED) is 0.788. The van der Waals surface area contributed by atoms with E-state index >= 15 is 0 Å². The lowest BCUT2D eigenvalue weighted by molar-refractivity contribution is -0.134. The summed E-state index contributed by atoms with van der Waals surface area (Å²) in [6.45, 7) is 11.0. The summed E-state index contributed by atoms with van der Waals surface area (Å²) in [6, 6.07) is 4.91. The van der Waals surface area contributed by atoms with Gasteiger partial charge >= 0.3 is 0 Å². The van der Waals surface area contributed by atoms with E-state index in [0.717, 1.165) is 32.7 Å². The largest absolute Gasteiger partial charge is 0.339 e. The van der Waals surface area contributed by atoms with E-state index in [1.807, 2.05) is 4.90 Å². The molecule has 2 saturated heterocycles. The number of halogens is 1. The zero-order valence-corrected chi connectivity index (χ0v) is 16.3. The Labute approximate surface area is 160 Å². The first-order valence-corrected chi connectivity index (χ1v) is 9.76. The van der Waals surface area contributed by atoms with Crippen LogP contribution in [-0.4, -0.2) is 96.9 Å². The molecule has 1 aromatic carbocycles. The summed E-state index contributed by atoms with van der Waals surface area (Å²) < 4.78 is 14.2. The zero-order valence-electron chi connectivity index (χ0n) is 16.3. The van der Waals surface area contributed by atoms with Gasteiger partial charge in [-0.25, -0.2) is 4.39 Å². The number of nitrogens with zero attached hydrogens (tertiary/aromatic N) is 4. The minimum absolute atomic E-state index is 0.133. The van der Waals surface area contributed by atoms with Gasteiger partial charge < -0.3 is 14.7 Å². The monoisotopic (exact) mass is 376 g/mol. The van der Waals surface area contributed by atoms with Crippen molar-refractivity contribution in [1.82, 2.24) is 19.6 Å². The minimum atomic E-state index is -0.439. The fourth-order valence-electron chi connectivity index (χ4n) is 3.70. The third kappa shape index (κ3) is 4.65. The Morgan fingerprint density at radius 2 is 1.52 bits per heavy atom. The highest BCUT2D eigenvalue weighted by molar-refractivity contribution is 5.94. The average Bonchev–Trinajstić information content (AvgIpc) is 2.70. The maximum atomic E-state index is 14.2. The molecule has 2 aliphatic rings. The van der Waals surface area contributed by atoms with E-state index < -0.39 is 5.82 Å². The van der Waals surface area contributed by atoms with Gasteiger partial charge in [-0.05, 0) is 25.1 Å². The van der Waals surface area contributed by atoms with E-state index in [9.17, 15) is 14.0 Å². The number of carbonyl (C=O) groups excluding carboxylic acids is 2. The normalized spacial score (nSPS) is 19.4. The number of carbonyl (C=O) groups is 2. The lowest BCUT2D eigenvalue weighted by Gasteiger charge is -2.37. The third-order valence-electron chi connectivity index (χ3n) is 5.61. The number of likely N-dealkylation sites (N-methyl/N-ethyl adjacent to an activating group) is 1. The number of hydrogen-bond acceptors (Lipinski definition) is 4. The van der Waals surface area contributed by atoms with Gasteiger partial charge in [0, 0.05) is 52.4 Å². The molecule has 1 aromatic rings. The molecule has 27 heavy (non-hydrogen) atoms. The highest BCUT2D eigenvalue weighted by Gasteiger charge is 2.27. The van der Waals surface area contributed by atoms with Crippen LogP contribution in [-0.2, 0) is 4.79 Å². The maximum absolute atomic E-state index is 14.2. The van der Waals surface area contributed by atoms with Crippen LogP contribution in [0.1, 0.15) is 22.8 Å². The summed E-state index contributed by atoms with van der Waals surface area (Å²) in [5.41, 5.74) is 0.613. The zero-order chi connectivity index (χ0) is 19.4. The summed E-state index contributed by atoms with van der Waals surface area (Å²) in [4.78, 5) is 33.2. The van der Waals surface area contributed by atoms with Crippen molar-refractivity contribution in [2.45, 2.75) is 13.8 Å². The fraction of sp³-hybridized carbons (Fsp3) is 0.600. The molecule has 0 N–H and O–H groups in total. The predicted molar refractivity (Wildman–Crippen MR) is 102 cm³/mol. The summed E-state index contributed by atoms with van der Waals surface area (Å²) in [7, 11) is 0. The molecule has 0 aliphatic carbocycles. The molecule has 7 heteroatoms. The lowest BCUT2D eigenvalue weighted by atomic mass is 10.1. The number of hydrogen-bond donors (Lipinski definition) is 0. The Bertz CT molecular complexity index is 681. The van der Waals surface area contributed by atoms with Crippen LogP contribution in [0, 0.1) is 12.7 Å². The molecular weight excluding hydrogens is 347 g/mol. The first kappa shape index (κ1) is 19.8. The van der Waals surface area contributed by atoms with Crippen molar-refractivity contribution in [3.8, 4) is 0 Å². The van der Waals surface area contributed by atoms with Crippen LogP contribution in [0.2, 0.25) is 0 Å². The van der Waals surface area contributed by atoms with Crippen LogP contribution < -0.4 is 0 Å². The molecule has 3 rings (SSSR count). The molecule has 148 valence electrons. The van der Waals surface area contributed by atoms with Crippen molar-refractivity contribution in [3.63, 3.8) is 0 Å². The molecule has 0 spiro atoms. The molecule has 0 atom stereocenters. The molecular formula is C20H29FN4O2. The van der Waals surface area contributed by atoms with Gasteiger partial charge in [-0.3, -0.25) is 14.5 Å². The fourth-order valence-corrected chi connectivity index (χ4v) is 3.70. The molecule has 0 saturated carbocycles. The van der Waals surface area contributed by atoms with E-state index in [1.54, 1.807) is 24.0 Å². The maximum Gasteiger partial charge on any atom is 0.256 e. The smallest absolute Gasteiger partial charge is 0.256 e. The molecule has 2 amide bonds. The number of rotatable bonds is 4. The summed E-state index contributed by atoms with van der Waals surface area (Å²) >= 11 is 0. The van der Waals surface area contributed by atoms with Crippen molar-refractivity contribution in [2.75, 3.05) is 65.4 Å². The molecule has 6 nitrogen and oxygen atoms in total. The van der Waals surface area contributed by atoms with Crippen LogP contribution >= 0.6 is 0 Å². The summed E-state index contributed by atoms with van der Waals surface area (Å²) in [5.74, 6) is -0.542. The number of benzene rings is 1. The van der Waals surface area contributed by atoms with E-state index in [0.29, 0.717) is 38.3 Å². The Balaban J connectivity index is 1.48. The summed E-state index contributed by atoms with van der Waals surface area (Å²) in [5, 5.41) is 0. The molecule has 2 aliphatic heterocycles. The van der Waals surface area contributed by atoms with Gasteiger partial charge in [-0.2, -0.15) is 0 Å². The van der Waals surface area contributed by atoms with Gasteiger partial charge in [-0.15, -0.1) is 0 Å². The average molecular weight is 376 g/mol. The van der Waals surface area contributed by atoms with Gasteiger partial charge in [0.05, 0.1) is 12.1 Å². The van der Waals surface area contributed by atoms with Gasteiger partial charge in [0.2, 0.25) is 5.91 Å². The highest BCUT2D eigenvalue weighted by atomic mass is 19.1. The van der Waals surface area contributed by atoms with Crippen molar-refractivity contribution >= 4 is 11.8 Å². The van der Waals surface area contributed by atoms with Gasteiger partial charge in [0.1, 0.15) is 5.82 Å². The molecule has 0 bridgehead atoms. The first-order chi connectivity index (χ1) is 13.0. The Morgan fingerprint density at radius 1 is 0.926 bits per heavy atom. The lowest BCUT2D eigenvalue weighted by Crippen LogP contribution is -2.54. The van der Waals surface area contributed by atoms with E-state index in [-0.39, 0.29) is 17.4 Å². The molecule has 0 radical (unpaired) electrons. The van der Waals surface area contributed by atoms with Gasteiger partial charge in [-0.1, -0.05) is 19.1 Å². The number of piperazine rings is 2. The third-order valence-corrected chi connectivity index (χ3v) is 5.61. The Hall–Kier alpha value is -1.99.